The molecule has 1 fully saturated rings. The molecule has 0 radical (unpaired) electrons. The number of imidazole rings is 1. The summed E-state index contributed by atoms with van der Waals surface area (Å²) in [6.07, 6.45) is 1.29. The SMILES string of the molecule is Cn1c(=O)n(C)c2c(C3(C(=O)O)CC3)cccc21. The Hall–Kier alpha value is -2.04. The number of carboxylic acid groups (broad SMARTS) is 1. The Morgan fingerprint density at radius 2 is 1.94 bits per heavy atom. The van der Waals surface area contributed by atoms with Crippen LogP contribution in [0.15, 0.2) is 23.0 Å². The molecule has 1 aromatic carbocycles. The molecule has 1 aliphatic rings. The van der Waals surface area contributed by atoms with E-state index in [0.29, 0.717) is 12.8 Å². The van der Waals surface area contributed by atoms with Crippen molar-refractivity contribution in [2.24, 2.45) is 14.1 Å². The van der Waals surface area contributed by atoms with Gasteiger partial charge in [-0.05, 0) is 24.5 Å². The van der Waals surface area contributed by atoms with Gasteiger partial charge in [-0.1, -0.05) is 12.1 Å². The molecule has 18 heavy (non-hydrogen) atoms. The summed E-state index contributed by atoms with van der Waals surface area (Å²) in [4.78, 5) is 23.4. The predicted molar refractivity (Wildman–Crippen MR) is 66.7 cm³/mol. The standard InChI is InChI=1S/C13H14N2O3/c1-14-9-5-3-4-8(10(9)15(2)12(14)18)13(6-7-13)11(16)17/h3-5H,6-7H2,1-2H3,(H,16,17). The van der Waals surface area contributed by atoms with Gasteiger partial charge in [-0.15, -0.1) is 0 Å². The van der Waals surface area contributed by atoms with Gasteiger partial charge in [0.15, 0.2) is 0 Å². The molecular formula is C13H14N2O3. The third-order valence-corrected chi connectivity index (χ3v) is 3.96. The summed E-state index contributed by atoms with van der Waals surface area (Å²) in [5.74, 6) is -0.800. The van der Waals surface area contributed by atoms with Gasteiger partial charge in [0.1, 0.15) is 0 Å². The van der Waals surface area contributed by atoms with E-state index in [0.717, 1.165) is 16.6 Å². The van der Waals surface area contributed by atoms with Crippen LogP contribution in [0.1, 0.15) is 18.4 Å². The Bertz CT molecular complexity index is 720. The van der Waals surface area contributed by atoms with Crippen molar-refractivity contribution in [3.8, 4) is 0 Å². The van der Waals surface area contributed by atoms with Crippen LogP contribution in [0.2, 0.25) is 0 Å². The molecular weight excluding hydrogens is 232 g/mol. The van der Waals surface area contributed by atoms with E-state index in [1.165, 1.54) is 4.57 Å². The average molecular weight is 246 g/mol. The lowest BCUT2D eigenvalue weighted by molar-refractivity contribution is -0.140. The minimum atomic E-state index is -0.800. The van der Waals surface area contributed by atoms with E-state index in [9.17, 15) is 14.7 Å². The third kappa shape index (κ3) is 1.16. The van der Waals surface area contributed by atoms with Crippen molar-refractivity contribution in [2.75, 3.05) is 0 Å². The lowest BCUT2D eigenvalue weighted by atomic mass is 9.94. The number of rotatable bonds is 2. The van der Waals surface area contributed by atoms with Crippen LogP contribution >= 0.6 is 0 Å². The van der Waals surface area contributed by atoms with Gasteiger partial charge in [0.05, 0.1) is 16.4 Å². The summed E-state index contributed by atoms with van der Waals surface area (Å²) in [5.41, 5.74) is 1.37. The number of carbonyl (C=O) groups is 1. The van der Waals surface area contributed by atoms with E-state index >= 15 is 0 Å². The highest BCUT2D eigenvalue weighted by atomic mass is 16.4. The highest BCUT2D eigenvalue weighted by Crippen LogP contribution is 2.50. The molecule has 0 spiro atoms. The Labute approximate surface area is 103 Å². The van der Waals surface area contributed by atoms with Crippen molar-refractivity contribution in [2.45, 2.75) is 18.3 Å². The lowest BCUT2D eigenvalue weighted by Crippen LogP contribution is -2.22. The second kappa shape index (κ2) is 3.25. The molecule has 1 saturated carbocycles. The zero-order valence-electron chi connectivity index (χ0n) is 10.3. The zero-order chi connectivity index (χ0) is 13.1. The van der Waals surface area contributed by atoms with E-state index in [1.807, 2.05) is 18.2 Å². The predicted octanol–water partition coefficient (Wildman–Crippen LogP) is 0.993. The lowest BCUT2D eigenvalue weighted by Gasteiger charge is -2.12. The molecule has 94 valence electrons. The van der Waals surface area contributed by atoms with Crippen LogP contribution < -0.4 is 5.69 Å². The highest BCUT2D eigenvalue weighted by Gasteiger charge is 2.53. The molecule has 1 aromatic heterocycles. The van der Waals surface area contributed by atoms with Crippen molar-refractivity contribution in [3.05, 3.63) is 34.2 Å². The summed E-state index contributed by atoms with van der Waals surface area (Å²) < 4.78 is 3.09. The molecule has 0 atom stereocenters. The Kier molecular flexibility index (Phi) is 2.00. The van der Waals surface area contributed by atoms with Crippen molar-refractivity contribution < 1.29 is 9.90 Å². The first kappa shape index (κ1) is 11.1. The van der Waals surface area contributed by atoms with E-state index in [-0.39, 0.29) is 5.69 Å². The first-order chi connectivity index (χ1) is 8.49. The first-order valence-electron chi connectivity index (χ1n) is 5.87. The summed E-state index contributed by atoms with van der Waals surface area (Å²) in [5, 5.41) is 9.39. The van der Waals surface area contributed by atoms with Gasteiger partial charge in [-0.3, -0.25) is 13.9 Å². The van der Waals surface area contributed by atoms with Crippen LogP contribution in [0.4, 0.5) is 0 Å². The van der Waals surface area contributed by atoms with Gasteiger partial charge in [0, 0.05) is 14.1 Å². The fourth-order valence-electron chi connectivity index (χ4n) is 2.69. The Balaban J connectivity index is 2.42. The van der Waals surface area contributed by atoms with E-state index in [1.54, 1.807) is 18.7 Å². The van der Waals surface area contributed by atoms with Crippen LogP contribution in [0, 0.1) is 0 Å². The molecule has 0 unspecified atom stereocenters. The molecule has 0 aliphatic heterocycles. The maximum absolute atomic E-state index is 11.9. The summed E-state index contributed by atoms with van der Waals surface area (Å²) in [7, 11) is 3.39. The number of aliphatic carboxylic acids is 1. The van der Waals surface area contributed by atoms with E-state index in [2.05, 4.69) is 0 Å². The minimum Gasteiger partial charge on any atom is -0.481 e. The molecule has 5 nitrogen and oxygen atoms in total. The van der Waals surface area contributed by atoms with Crippen molar-refractivity contribution >= 4 is 17.0 Å². The second-order valence-corrected chi connectivity index (χ2v) is 4.96. The van der Waals surface area contributed by atoms with Crippen molar-refractivity contribution in [1.82, 2.24) is 9.13 Å². The number of hydrogen-bond acceptors (Lipinski definition) is 2. The second-order valence-electron chi connectivity index (χ2n) is 4.96. The number of aryl methyl sites for hydroxylation is 2. The van der Waals surface area contributed by atoms with Crippen LogP contribution in [0.25, 0.3) is 11.0 Å². The smallest absolute Gasteiger partial charge is 0.328 e. The van der Waals surface area contributed by atoms with Crippen LogP contribution in [0.5, 0.6) is 0 Å². The van der Waals surface area contributed by atoms with Crippen LogP contribution in [0.3, 0.4) is 0 Å². The molecule has 1 heterocycles. The first-order valence-corrected chi connectivity index (χ1v) is 5.87. The van der Waals surface area contributed by atoms with Crippen molar-refractivity contribution in [1.29, 1.82) is 0 Å². The fraction of sp³-hybridized carbons (Fsp3) is 0.385. The molecule has 3 rings (SSSR count). The zero-order valence-corrected chi connectivity index (χ0v) is 10.3. The van der Waals surface area contributed by atoms with Crippen LogP contribution in [-0.2, 0) is 24.3 Å². The number of carboxylic acids is 1. The normalized spacial score (nSPS) is 17.0. The van der Waals surface area contributed by atoms with Gasteiger partial charge in [-0.2, -0.15) is 0 Å². The molecule has 1 aliphatic carbocycles. The van der Waals surface area contributed by atoms with Crippen LogP contribution in [-0.4, -0.2) is 20.2 Å². The number of aromatic nitrogens is 2. The largest absolute Gasteiger partial charge is 0.481 e. The molecule has 1 N–H and O–H groups in total. The molecule has 0 bridgehead atoms. The Morgan fingerprint density at radius 1 is 1.28 bits per heavy atom. The van der Waals surface area contributed by atoms with E-state index < -0.39 is 11.4 Å². The van der Waals surface area contributed by atoms with Gasteiger partial charge in [0.25, 0.3) is 0 Å². The van der Waals surface area contributed by atoms with Gasteiger partial charge >= 0.3 is 11.7 Å². The van der Waals surface area contributed by atoms with Gasteiger partial charge in [0.2, 0.25) is 0 Å². The molecule has 5 heteroatoms. The number of hydrogen-bond donors (Lipinski definition) is 1. The monoisotopic (exact) mass is 246 g/mol. The fourth-order valence-corrected chi connectivity index (χ4v) is 2.69. The quantitative estimate of drug-likeness (QED) is 0.859. The van der Waals surface area contributed by atoms with Crippen molar-refractivity contribution in [3.63, 3.8) is 0 Å². The van der Waals surface area contributed by atoms with E-state index in [4.69, 9.17) is 0 Å². The van der Waals surface area contributed by atoms with Gasteiger partial charge < -0.3 is 5.11 Å². The Morgan fingerprint density at radius 3 is 2.50 bits per heavy atom. The summed E-state index contributed by atoms with van der Waals surface area (Å²) in [6, 6.07) is 5.49. The summed E-state index contributed by atoms with van der Waals surface area (Å²) in [6.45, 7) is 0. The maximum Gasteiger partial charge on any atom is 0.328 e. The topological polar surface area (TPSA) is 64.2 Å². The average Bonchev–Trinajstić information content (AvgIpc) is 3.13. The molecule has 0 amide bonds. The highest BCUT2D eigenvalue weighted by molar-refractivity contribution is 5.92. The summed E-state index contributed by atoms with van der Waals surface area (Å²) >= 11 is 0. The minimum absolute atomic E-state index is 0.126. The number of fused-ring (bicyclic) bond motifs is 1. The third-order valence-electron chi connectivity index (χ3n) is 3.96. The molecule has 2 aromatic rings. The maximum atomic E-state index is 11.9. The molecule has 0 saturated heterocycles. The number of para-hydroxylation sites is 1. The number of nitrogens with zero attached hydrogens (tertiary/aromatic N) is 2. The van der Waals surface area contributed by atoms with Gasteiger partial charge in [-0.25, -0.2) is 4.79 Å². The number of benzene rings is 1.